The average molecular weight is 337 g/mol. The number of hydrogen-bond acceptors (Lipinski definition) is 3. The van der Waals surface area contributed by atoms with Crippen LogP contribution in [0.25, 0.3) is 0 Å². The molecule has 0 aliphatic rings. The lowest BCUT2D eigenvalue weighted by atomic mass is 10.2. The van der Waals surface area contributed by atoms with E-state index >= 15 is 0 Å². The minimum absolute atomic E-state index is 0.0183. The molecule has 0 fully saturated rings. The summed E-state index contributed by atoms with van der Waals surface area (Å²) in [5, 5.41) is 11.5. The van der Waals surface area contributed by atoms with Gasteiger partial charge in [-0.25, -0.2) is 4.79 Å². The average Bonchev–Trinajstić information content (AvgIpc) is 2.41. The molecule has 3 N–H and O–H groups in total. The summed E-state index contributed by atoms with van der Waals surface area (Å²) in [5.74, 6) is -1.73. The van der Waals surface area contributed by atoms with Gasteiger partial charge in [0.1, 0.15) is 5.56 Å². The second kappa shape index (κ2) is 5.70. The van der Waals surface area contributed by atoms with Crippen LogP contribution in [-0.2, 0) is 0 Å². The lowest BCUT2D eigenvalue weighted by Gasteiger charge is -2.06. The highest BCUT2D eigenvalue weighted by Crippen LogP contribution is 2.21. The highest BCUT2D eigenvalue weighted by Gasteiger charge is 2.13. The molecule has 0 spiro atoms. The molecule has 0 saturated heterocycles. The van der Waals surface area contributed by atoms with Crippen molar-refractivity contribution in [1.29, 1.82) is 0 Å². The predicted octanol–water partition coefficient (Wildman–Crippen LogP) is 2.09. The second-order valence-corrected chi connectivity index (χ2v) is 4.72. The van der Waals surface area contributed by atoms with Crippen LogP contribution in [0.5, 0.6) is 0 Å². The number of benzene rings is 1. The first-order valence-corrected chi connectivity index (χ1v) is 6.30. The monoisotopic (exact) mass is 336 g/mol. The normalized spacial score (nSPS) is 10.1. The van der Waals surface area contributed by atoms with E-state index in [0.29, 0.717) is 10.2 Å². The van der Waals surface area contributed by atoms with Crippen molar-refractivity contribution >= 4 is 33.5 Å². The maximum Gasteiger partial charge on any atom is 0.336 e. The Morgan fingerprint density at radius 3 is 2.60 bits per heavy atom. The van der Waals surface area contributed by atoms with Crippen molar-refractivity contribution in [2.45, 2.75) is 0 Å². The first kappa shape index (κ1) is 14.0. The van der Waals surface area contributed by atoms with Crippen molar-refractivity contribution in [2.75, 3.05) is 5.32 Å². The Kier molecular flexibility index (Phi) is 3.99. The van der Waals surface area contributed by atoms with Crippen molar-refractivity contribution in [3.8, 4) is 0 Å². The number of rotatable bonds is 3. The van der Waals surface area contributed by atoms with Crippen LogP contribution in [0.1, 0.15) is 20.7 Å². The molecule has 0 saturated carbocycles. The molecule has 1 aromatic heterocycles. The standard InChI is InChI=1S/C13H9BrN2O4/c14-10-4-3-7(6-9(10)13(19)20)16-12(18)8-2-1-5-15-11(8)17/h1-6H,(H,15,17)(H,16,18)(H,19,20). The molecule has 1 aromatic carbocycles. The number of carboxylic acids is 1. The minimum Gasteiger partial charge on any atom is -0.478 e. The lowest BCUT2D eigenvalue weighted by Crippen LogP contribution is -2.22. The maximum absolute atomic E-state index is 11.9. The first-order valence-electron chi connectivity index (χ1n) is 5.51. The van der Waals surface area contributed by atoms with E-state index in [1.807, 2.05) is 0 Å². The molecule has 7 heteroatoms. The zero-order valence-electron chi connectivity index (χ0n) is 10.0. The van der Waals surface area contributed by atoms with Gasteiger partial charge < -0.3 is 15.4 Å². The Bertz CT molecular complexity index is 739. The van der Waals surface area contributed by atoms with Crippen LogP contribution in [0.2, 0.25) is 0 Å². The number of hydrogen-bond donors (Lipinski definition) is 3. The van der Waals surface area contributed by atoms with Gasteiger partial charge in [-0.15, -0.1) is 0 Å². The summed E-state index contributed by atoms with van der Waals surface area (Å²) in [6, 6.07) is 7.26. The predicted molar refractivity (Wildman–Crippen MR) is 76.1 cm³/mol. The summed E-state index contributed by atoms with van der Waals surface area (Å²) >= 11 is 3.11. The highest BCUT2D eigenvalue weighted by molar-refractivity contribution is 9.10. The Balaban J connectivity index is 2.29. The number of nitrogens with one attached hydrogen (secondary N) is 2. The first-order chi connectivity index (χ1) is 9.49. The van der Waals surface area contributed by atoms with E-state index in [9.17, 15) is 14.4 Å². The van der Waals surface area contributed by atoms with E-state index in [-0.39, 0.29) is 11.1 Å². The van der Waals surface area contributed by atoms with Gasteiger partial charge in [0.15, 0.2) is 0 Å². The minimum atomic E-state index is -1.12. The highest BCUT2D eigenvalue weighted by atomic mass is 79.9. The van der Waals surface area contributed by atoms with Crippen molar-refractivity contribution in [3.05, 3.63) is 62.5 Å². The lowest BCUT2D eigenvalue weighted by molar-refractivity contribution is 0.0695. The fourth-order valence-corrected chi connectivity index (χ4v) is 1.98. The zero-order valence-corrected chi connectivity index (χ0v) is 11.6. The number of carbonyl (C=O) groups is 2. The largest absolute Gasteiger partial charge is 0.478 e. The summed E-state index contributed by atoms with van der Waals surface area (Å²) in [7, 11) is 0. The van der Waals surface area contributed by atoms with E-state index in [2.05, 4.69) is 26.2 Å². The number of anilines is 1. The molecular formula is C13H9BrN2O4. The van der Waals surface area contributed by atoms with Crippen molar-refractivity contribution < 1.29 is 14.7 Å². The van der Waals surface area contributed by atoms with Crippen LogP contribution >= 0.6 is 15.9 Å². The van der Waals surface area contributed by atoms with E-state index in [1.54, 1.807) is 0 Å². The van der Waals surface area contributed by atoms with E-state index in [1.165, 1.54) is 36.5 Å². The number of pyridine rings is 1. The van der Waals surface area contributed by atoms with Crippen LogP contribution < -0.4 is 10.9 Å². The van der Waals surface area contributed by atoms with Crippen molar-refractivity contribution in [2.24, 2.45) is 0 Å². The SMILES string of the molecule is O=C(O)c1cc(NC(=O)c2ccc[nH]c2=O)ccc1Br. The Morgan fingerprint density at radius 2 is 1.95 bits per heavy atom. The van der Waals surface area contributed by atoms with Gasteiger partial charge in [0.25, 0.3) is 11.5 Å². The van der Waals surface area contributed by atoms with Gasteiger partial charge in [0.05, 0.1) is 5.56 Å². The molecule has 102 valence electrons. The third kappa shape index (κ3) is 2.94. The molecule has 0 bridgehead atoms. The summed E-state index contributed by atoms with van der Waals surface area (Å²) in [5.41, 5.74) is -0.253. The molecule has 0 unspecified atom stereocenters. The van der Waals surface area contributed by atoms with Crippen molar-refractivity contribution in [3.63, 3.8) is 0 Å². The number of H-pyrrole nitrogens is 1. The molecular weight excluding hydrogens is 328 g/mol. The fraction of sp³-hybridized carbons (Fsp3) is 0. The molecule has 20 heavy (non-hydrogen) atoms. The number of aromatic carboxylic acids is 1. The third-order valence-corrected chi connectivity index (χ3v) is 3.21. The fourth-order valence-electron chi connectivity index (χ4n) is 1.57. The maximum atomic E-state index is 11.9. The summed E-state index contributed by atoms with van der Waals surface area (Å²) in [6.07, 6.45) is 1.42. The molecule has 0 radical (unpaired) electrons. The molecule has 1 heterocycles. The van der Waals surface area contributed by atoms with Gasteiger partial charge in [0, 0.05) is 16.4 Å². The second-order valence-electron chi connectivity index (χ2n) is 3.87. The number of aromatic nitrogens is 1. The number of aromatic amines is 1. The number of halogens is 1. The van der Waals surface area contributed by atoms with Gasteiger partial charge >= 0.3 is 5.97 Å². The molecule has 0 aliphatic carbocycles. The van der Waals surface area contributed by atoms with E-state index in [4.69, 9.17) is 5.11 Å². The van der Waals surface area contributed by atoms with Crippen LogP contribution in [0.3, 0.4) is 0 Å². The summed E-state index contributed by atoms with van der Waals surface area (Å²) in [4.78, 5) is 36.7. The topological polar surface area (TPSA) is 99.3 Å². The quantitative estimate of drug-likeness (QED) is 0.798. The zero-order chi connectivity index (χ0) is 14.7. The van der Waals surface area contributed by atoms with Crippen LogP contribution in [-0.4, -0.2) is 22.0 Å². The molecule has 1 amide bonds. The molecule has 2 aromatic rings. The third-order valence-electron chi connectivity index (χ3n) is 2.52. The van der Waals surface area contributed by atoms with Crippen LogP contribution in [0.4, 0.5) is 5.69 Å². The Hall–Kier alpha value is -2.41. The molecule has 6 nitrogen and oxygen atoms in total. The number of amides is 1. The van der Waals surface area contributed by atoms with Gasteiger partial charge in [-0.05, 0) is 46.3 Å². The molecule has 0 atom stereocenters. The number of carbonyl (C=O) groups excluding carboxylic acids is 1. The summed E-state index contributed by atoms with van der Waals surface area (Å²) < 4.78 is 0.403. The summed E-state index contributed by atoms with van der Waals surface area (Å²) in [6.45, 7) is 0. The Labute approximate surface area is 121 Å². The van der Waals surface area contributed by atoms with Gasteiger partial charge in [-0.3, -0.25) is 9.59 Å². The molecule has 2 rings (SSSR count). The smallest absolute Gasteiger partial charge is 0.336 e. The van der Waals surface area contributed by atoms with Crippen molar-refractivity contribution in [1.82, 2.24) is 4.98 Å². The van der Waals surface area contributed by atoms with Crippen LogP contribution in [0.15, 0.2) is 45.8 Å². The van der Waals surface area contributed by atoms with Gasteiger partial charge in [0.2, 0.25) is 0 Å². The van der Waals surface area contributed by atoms with E-state index < -0.39 is 17.4 Å². The van der Waals surface area contributed by atoms with Gasteiger partial charge in [-0.1, -0.05) is 0 Å². The van der Waals surface area contributed by atoms with Crippen LogP contribution in [0, 0.1) is 0 Å². The molecule has 0 aliphatic heterocycles. The van der Waals surface area contributed by atoms with E-state index in [0.717, 1.165) is 0 Å². The van der Waals surface area contributed by atoms with Gasteiger partial charge in [-0.2, -0.15) is 0 Å². The number of carboxylic acid groups (broad SMARTS) is 1. The Morgan fingerprint density at radius 1 is 1.20 bits per heavy atom.